The number of nitrogens with one attached hydrogen (secondary N) is 2. The standard InChI is InChI=1S/C21H25N3O3/c1-14(21(27)23-19-7-5-6-17(13-19)15(2)25)22-18-10-8-16(9-11-18)12-20(26)24(3)4/h5-11,13-14,22H,12H2,1-4H3,(H,23,27). The molecule has 0 aliphatic carbocycles. The van der Waals surface area contributed by atoms with Crippen LogP contribution < -0.4 is 10.6 Å². The third kappa shape index (κ3) is 5.95. The Morgan fingerprint density at radius 2 is 1.67 bits per heavy atom. The number of Topliss-reactive ketones (excluding diaryl/α,β-unsaturated/α-hetero) is 1. The molecule has 6 nitrogen and oxygen atoms in total. The highest BCUT2D eigenvalue weighted by atomic mass is 16.2. The zero-order valence-electron chi connectivity index (χ0n) is 16.1. The maximum absolute atomic E-state index is 12.4. The molecule has 2 rings (SSSR count). The van der Waals surface area contributed by atoms with Gasteiger partial charge in [0.1, 0.15) is 6.04 Å². The third-order valence-corrected chi connectivity index (χ3v) is 4.12. The highest BCUT2D eigenvalue weighted by Gasteiger charge is 2.14. The largest absolute Gasteiger partial charge is 0.374 e. The van der Waals surface area contributed by atoms with Crippen LogP contribution in [-0.2, 0) is 16.0 Å². The summed E-state index contributed by atoms with van der Waals surface area (Å²) in [6.45, 7) is 3.24. The molecule has 2 amide bonds. The van der Waals surface area contributed by atoms with E-state index in [-0.39, 0.29) is 17.6 Å². The van der Waals surface area contributed by atoms with E-state index in [9.17, 15) is 14.4 Å². The van der Waals surface area contributed by atoms with Crippen molar-refractivity contribution in [3.8, 4) is 0 Å². The number of hydrogen-bond donors (Lipinski definition) is 2. The number of hydrogen-bond acceptors (Lipinski definition) is 4. The number of ketones is 1. The first-order chi connectivity index (χ1) is 12.8. The molecule has 0 saturated heterocycles. The molecule has 142 valence electrons. The number of benzene rings is 2. The summed E-state index contributed by atoms with van der Waals surface area (Å²) in [5, 5.41) is 5.93. The van der Waals surface area contributed by atoms with Gasteiger partial charge in [0.2, 0.25) is 11.8 Å². The van der Waals surface area contributed by atoms with Gasteiger partial charge in [0.05, 0.1) is 6.42 Å². The van der Waals surface area contributed by atoms with Crippen LogP contribution >= 0.6 is 0 Å². The number of nitrogens with zero attached hydrogens (tertiary/aromatic N) is 1. The van der Waals surface area contributed by atoms with Crippen molar-refractivity contribution in [1.82, 2.24) is 4.90 Å². The van der Waals surface area contributed by atoms with Crippen molar-refractivity contribution in [2.45, 2.75) is 26.3 Å². The monoisotopic (exact) mass is 367 g/mol. The van der Waals surface area contributed by atoms with E-state index in [2.05, 4.69) is 10.6 Å². The van der Waals surface area contributed by atoms with Crippen molar-refractivity contribution in [2.24, 2.45) is 0 Å². The molecule has 0 aromatic heterocycles. The lowest BCUT2D eigenvalue weighted by Crippen LogP contribution is -2.31. The van der Waals surface area contributed by atoms with Gasteiger partial charge >= 0.3 is 0 Å². The molecule has 6 heteroatoms. The van der Waals surface area contributed by atoms with Crippen LogP contribution in [0.2, 0.25) is 0 Å². The maximum atomic E-state index is 12.4. The lowest BCUT2D eigenvalue weighted by atomic mass is 10.1. The van der Waals surface area contributed by atoms with Crippen LogP contribution in [0, 0.1) is 0 Å². The summed E-state index contributed by atoms with van der Waals surface area (Å²) in [6, 6.07) is 13.8. The number of carbonyl (C=O) groups is 3. The van der Waals surface area contributed by atoms with E-state index >= 15 is 0 Å². The normalized spacial score (nSPS) is 11.4. The molecule has 0 spiro atoms. The molecule has 2 aromatic carbocycles. The topological polar surface area (TPSA) is 78.5 Å². The number of carbonyl (C=O) groups excluding carboxylic acids is 3. The first kappa shape index (κ1) is 20.2. The van der Waals surface area contributed by atoms with E-state index in [0.717, 1.165) is 11.3 Å². The van der Waals surface area contributed by atoms with Gasteiger partial charge in [0.15, 0.2) is 5.78 Å². The average molecular weight is 367 g/mol. The fourth-order valence-corrected chi connectivity index (χ4v) is 2.43. The van der Waals surface area contributed by atoms with Crippen LogP contribution in [0.1, 0.15) is 29.8 Å². The summed E-state index contributed by atoms with van der Waals surface area (Å²) in [6.07, 6.45) is 0.343. The molecule has 0 aliphatic heterocycles. The Morgan fingerprint density at radius 1 is 1.00 bits per heavy atom. The smallest absolute Gasteiger partial charge is 0.246 e. The Kier molecular flexibility index (Phi) is 6.71. The summed E-state index contributed by atoms with van der Waals surface area (Å²) in [7, 11) is 3.45. The summed E-state index contributed by atoms with van der Waals surface area (Å²) in [5.41, 5.74) is 2.84. The Hall–Kier alpha value is -3.15. The van der Waals surface area contributed by atoms with Gasteiger partial charge < -0.3 is 15.5 Å². The highest BCUT2D eigenvalue weighted by Crippen LogP contribution is 2.14. The van der Waals surface area contributed by atoms with E-state index in [1.165, 1.54) is 6.92 Å². The summed E-state index contributed by atoms with van der Waals surface area (Å²) in [5.74, 6) is -0.219. The lowest BCUT2D eigenvalue weighted by Gasteiger charge is -2.16. The Labute approximate surface area is 159 Å². The molecular formula is C21H25N3O3. The van der Waals surface area contributed by atoms with Crippen LogP contribution in [0.5, 0.6) is 0 Å². The Balaban J connectivity index is 1.95. The van der Waals surface area contributed by atoms with Crippen LogP contribution in [-0.4, -0.2) is 42.6 Å². The molecule has 1 unspecified atom stereocenters. The number of likely N-dealkylation sites (N-methyl/N-ethyl adjacent to an activating group) is 1. The SMILES string of the molecule is CC(=O)c1cccc(NC(=O)C(C)Nc2ccc(CC(=O)N(C)C)cc2)c1. The minimum absolute atomic E-state index is 0.0382. The van der Waals surface area contributed by atoms with Gasteiger partial charge in [0, 0.05) is 31.0 Å². The summed E-state index contributed by atoms with van der Waals surface area (Å²) in [4.78, 5) is 37.1. The first-order valence-corrected chi connectivity index (χ1v) is 8.73. The molecule has 0 aliphatic rings. The predicted octanol–water partition coefficient (Wildman–Crippen LogP) is 2.96. The third-order valence-electron chi connectivity index (χ3n) is 4.12. The second-order valence-corrected chi connectivity index (χ2v) is 6.65. The van der Waals surface area contributed by atoms with Crippen molar-refractivity contribution in [1.29, 1.82) is 0 Å². The van der Waals surface area contributed by atoms with Crippen molar-refractivity contribution in [2.75, 3.05) is 24.7 Å². The van der Waals surface area contributed by atoms with Gasteiger partial charge in [-0.3, -0.25) is 14.4 Å². The Morgan fingerprint density at radius 3 is 2.26 bits per heavy atom. The summed E-state index contributed by atoms with van der Waals surface area (Å²) < 4.78 is 0. The fraction of sp³-hybridized carbons (Fsp3) is 0.286. The van der Waals surface area contributed by atoms with E-state index in [4.69, 9.17) is 0 Å². The van der Waals surface area contributed by atoms with Crippen molar-refractivity contribution in [3.05, 3.63) is 59.7 Å². The first-order valence-electron chi connectivity index (χ1n) is 8.73. The van der Waals surface area contributed by atoms with Crippen molar-refractivity contribution >= 4 is 29.0 Å². The van der Waals surface area contributed by atoms with E-state index in [1.807, 2.05) is 24.3 Å². The van der Waals surface area contributed by atoms with Gasteiger partial charge in [-0.2, -0.15) is 0 Å². The van der Waals surface area contributed by atoms with E-state index < -0.39 is 6.04 Å². The van der Waals surface area contributed by atoms with E-state index in [1.54, 1.807) is 50.2 Å². The molecule has 0 heterocycles. The van der Waals surface area contributed by atoms with Gasteiger partial charge in [0.25, 0.3) is 0 Å². The molecule has 27 heavy (non-hydrogen) atoms. The molecule has 0 fully saturated rings. The zero-order valence-corrected chi connectivity index (χ0v) is 16.1. The highest BCUT2D eigenvalue weighted by molar-refractivity contribution is 5.99. The molecule has 2 aromatic rings. The van der Waals surface area contributed by atoms with Crippen LogP contribution in [0.15, 0.2) is 48.5 Å². The average Bonchev–Trinajstić information content (AvgIpc) is 2.63. The fourth-order valence-electron chi connectivity index (χ4n) is 2.43. The Bertz CT molecular complexity index is 829. The van der Waals surface area contributed by atoms with Gasteiger partial charge in [-0.1, -0.05) is 24.3 Å². The van der Waals surface area contributed by atoms with E-state index in [0.29, 0.717) is 17.7 Å². The molecular weight excluding hydrogens is 342 g/mol. The maximum Gasteiger partial charge on any atom is 0.246 e. The number of rotatable bonds is 7. The molecule has 1 atom stereocenters. The minimum Gasteiger partial charge on any atom is -0.374 e. The second-order valence-electron chi connectivity index (χ2n) is 6.65. The van der Waals surface area contributed by atoms with Gasteiger partial charge in [-0.15, -0.1) is 0 Å². The lowest BCUT2D eigenvalue weighted by molar-refractivity contribution is -0.128. The van der Waals surface area contributed by atoms with Crippen molar-refractivity contribution in [3.63, 3.8) is 0 Å². The van der Waals surface area contributed by atoms with Crippen molar-refractivity contribution < 1.29 is 14.4 Å². The minimum atomic E-state index is -0.472. The van der Waals surface area contributed by atoms with Crippen LogP contribution in [0.3, 0.4) is 0 Å². The summed E-state index contributed by atoms with van der Waals surface area (Å²) >= 11 is 0. The predicted molar refractivity (Wildman–Crippen MR) is 107 cm³/mol. The quantitative estimate of drug-likeness (QED) is 0.738. The van der Waals surface area contributed by atoms with Gasteiger partial charge in [-0.25, -0.2) is 0 Å². The van der Waals surface area contributed by atoms with Crippen LogP contribution in [0.4, 0.5) is 11.4 Å². The second kappa shape index (κ2) is 8.98. The number of anilines is 2. The number of amides is 2. The molecule has 0 saturated carbocycles. The van der Waals surface area contributed by atoms with Crippen LogP contribution in [0.25, 0.3) is 0 Å². The molecule has 0 bridgehead atoms. The molecule has 2 N–H and O–H groups in total. The zero-order chi connectivity index (χ0) is 20.0. The molecule has 0 radical (unpaired) electrons. The van der Waals surface area contributed by atoms with Gasteiger partial charge in [-0.05, 0) is 43.7 Å².